The third-order valence-corrected chi connectivity index (χ3v) is 7.05. The molecule has 0 spiro atoms. The Hall–Kier alpha value is -3.84. The van der Waals surface area contributed by atoms with E-state index in [1.165, 1.54) is 4.90 Å². The van der Waals surface area contributed by atoms with E-state index < -0.39 is 0 Å². The molecule has 0 aromatic heterocycles. The molecule has 0 bridgehead atoms. The molecule has 0 aliphatic carbocycles. The van der Waals surface area contributed by atoms with Gasteiger partial charge in [0.2, 0.25) is 0 Å². The van der Waals surface area contributed by atoms with E-state index in [4.69, 9.17) is 0 Å². The normalized spacial score (nSPS) is 14.1. The molecule has 4 amide bonds. The summed E-state index contributed by atoms with van der Waals surface area (Å²) in [6.07, 6.45) is 2.91. The van der Waals surface area contributed by atoms with Crippen LogP contribution in [0.3, 0.4) is 0 Å². The molecule has 6 rings (SSSR count). The van der Waals surface area contributed by atoms with E-state index in [9.17, 15) is 19.2 Å². The van der Waals surface area contributed by atoms with E-state index in [0.29, 0.717) is 28.8 Å². The third-order valence-electron chi connectivity index (χ3n) is 6.49. The van der Waals surface area contributed by atoms with Gasteiger partial charge in [0.15, 0.2) is 0 Å². The van der Waals surface area contributed by atoms with Crippen LogP contribution in [0.1, 0.15) is 60.7 Å². The van der Waals surface area contributed by atoms with Crippen molar-refractivity contribution in [2.24, 2.45) is 0 Å². The topological polar surface area (TPSA) is 83.5 Å². The Balaban J connectivity index is 0.000000156. The number of hydrogen-bond donors (Lipinski definition) is 1. The molecule has 7 heteroatoms. The van der Waals surface area contributed by atoms with Crippen molar-refractivity contribution in [3.63, 3.8) is 0 Å². The molecule has 2 heterocycles. The summed E-state index contributed by atoms with van der Waals surface area (Å²) in [5.74, 6) is -0.958. The minimum atomic E-state index is -0.315. The lowest BCUT2D eigenvalue weighted by Gasteiger charge is -2.27. The van der Waals surface area contributed by atoms with E-state index in [0.717, 1.165) is 46.1 Å². The predicted octanol–water partition coefficient (Wildman–Crippen LogP) is 5.72. The number of halogens is 1. The Morgan fingerprint density at radius 1 is 0.583 bits per heavy atom. The maximum Gasteiger partial charge on any atom is 0.261 e. The van der Waals surface area contributed by atoms with Crippen LogP contribution in [-0.4, -0.2) is 40.4 Å². The molecule has 1 N–H and O–H groups in total. The van der Waals surface area contributed by atoms with Crippen molar-refractivity contribution in [1.82, 2.24) is 10.2 Å². The minimum Gasteiger partial charge on any atom is -0.288 e. The first-order chi connectivity index (χ1) is 17.5. The molecule has 0 radical (unpaired) electrons. The van der Waals surface area contributed by atoms with Gasteiger partial charge in [-0.25, -0.2) is 0 Å². The number of imide groups is 2. The van der Waals surface area contributed by atoms with Gasteiger partial charge in [0.05, 0.1) is 0 Å². The second-order valence-corrected chi connectivity index (χ2v) is 9.51. The summed E-state index contributed by atoms with van der Waals surface area (Å²) in [6.45, 7) is 0.495. The first-order valence-corrected chi connectivity index (χ1v) is 12.9. The summed E-state index contributed by atoms with van der Waals surface area (Å²) in [7, 11) is 0. The molecule has 2 aliphatic rings. The van der Waals surface area contributed by atoms with Gasteiger partial charge in [0.25, 0.3) is 23.6 Å². The number of carbonyl (C=O) groups excluding carboxylic acids is 4. The van der Waals surface area contributed by atoms with Gasteiger partial charge in [-0.3, -0.25) is 29.4 Å². The van der Waals surface area contributed by atoms with Crippen LogP contribution in [0.5, 0.6) is 0 Å². The SMILES string of the molecule is O=C1NC(=O)c2cccc3cccc1c23.O=C1c2cccc3cccc(c23)C(=O)N1CCCCCBr. The van der Waals surface area contributed by atoms with Gasteiger partial charge in [0, 0.05) is 44.9 Å². The summed E-state index contributed by atoms with van der Waals surface area (Å²) in [6, 6.07) is 22.1. The molecule has 180 valence electrons. The molecule has 4 aromatic carbocycles. The van der Waals surface area contributed by atoms with Gasteiger partial charge in [-0.05, 0) is 47.9 Å². The molecule has 0 fully saturated rings. The van der Waals surface area contributed by atoms with Gasteiger partial charge in [-0.2, -0.15) is 0 Å². The number of rotatable bonds is 5. The quantitative estimate of drug-likeness (QED) is 0.198. The van der Waals surface area contributed by atoms with Crippen molar-refractivity contribution in [3.8, 4) is 0 Å². The third kappa shape index (κ3) is 4.20. The van der Waals surface area contributed by atoms with E-state index in [2.05, 4.69) is 21.2 Å². The van der Waals surface area contributed by atoms with Gasteiger partial charge >= 0.3 is 0 Å². The lowest BCUT2D eigenvalue weighted by Crippen LogP contribution is -2.40. The highest BCUT2D eigenvalue weighted by molar-refractivity contribution is 9.09. The fraction of sp³-hybridized carbons (Fsp3) is 0.172. The Morgan fingerprint density at radius 2 is 1.03 bits per heavy atom. The van der Waals surface area contributed by atoms with Crippen LogP contribution in [0.25, 0.3) is 21.5 Å². The molecule has 0 saturated carbocycles. The summed E-state index contributed by atoms with van der Waals surface area (Å²) < 4.78 is 0. The molecular formula is C29H23BrN2O4. The Morgan fingerprint density at radius 3 is 1.50 bits per heavy atom. The van der Waals surface area contributed by atoms with Crippen molar-refractivity contribution in [1.29, 1.82) is 0 Å². The van der Waals surface area contributed by atoms with Crippen LogP contribution in [0, 0.1) is 0 Å². The summed E-state index contributed by atoms with van der Waals surface area (Å²) in [5, 5.41) is 6.70. The molecule has 0 saturated heterocycles. The molecular weight excluding hydrogens is 520 g/mol. The molecule has 2 aliphatic heterocycles. The average Bonchev–Trinajstić information content (AvgIpc) is 2.90. The molecule has 6 nitrogen and oxygen atoms in total. The lowest BCUT2D eigenvalue weighted by atomic mass is 9.94. The van der Waals surface area contributed by atoms with Crippen LogP contribution in [0.15, 0.2) is 72.8 Å². The summed E-state index contributed by atoms with van der Waals surface area (Å²) in [4.78, 5) is 49.6. The second-order valence-electron chi connectivity index (χ2n) is 8.71. The van der Waals surface area contributed by atoms with Crippen LogP contribution < -0.4 is 5.32 Å². The number of unbranched alkanes of at least 4 members (excludes halogenated alkanes) is 2. The minimum absolute atomic E-state index is 0.164. The molecule has 0 atom stereocenters. The van der Waals surface area contributed by atoms with E-state index in [-0.39, 0.29) is 23.6 Å². The maximum absolute atomic E-state index is 12.6. The standard InChI is InChI=1S/C17H16BrNO2.C12H7NO2/c18-10-2-1-3-11-19-16(20)13-8-4-6-12-7-5-9-14(15(12)13)17(19)21;14-11-8-5-1-3-7-4-2-6-9(10(7)8)12(15)13-11/h4-9H,1-3,10-11H2;1-6H,(H,13,14,15). The maximum atomic E-state index is 12.6. The van der Waals surface area contributed by atoms with E-state index in [1.54, 1.807) is 12.1 Å². The number of hydrogen-bond acceptors (Lipinski definition) is 4. The Bertz CT molecular complexity index is 1450. The number of amides is 4. The van der Waals surface area contributed by atoms with E-state index in [1.807, 2.05) is 60.7 Å². The molecule has 4 aromatic rings. The number of carbonyl (C=O) groups is 4. The van der Waals surface area contributed by atoms with Gasteiger partial charge in [0.1, 0.15) is 0 Å². The van der Waals surface area contributed by atoms with Crippen LogP contribution in [0.2, 0.25) is 0 Å². The summed E-state index contributed by atoms with van der Waals surface area (Å²) in [5.41, 5.74) is 2.43. The largest absolute Gasteiger partial charge is 0.288 e. The summed E-state index contributed by atoms with van der Waals surface area (Å²) >= 11 is 3.39. The fourth-order valence-electron chi connectivity index (χ4n) is 4.78. The van der Waals surface area contributed by atoms with Gasteiger partial charge in [-0.15, -0.1) is 0 Å². The predicted molar refractivity (Wildman–Crippen MR) is 143 cm³/mol. The highest BCUT2D eigenvalue weighted by Crippen LogP contribution is 2.30. The van der Waals surface area contributed by atoms with Gasteiger partial charge in [-0.1, -0.05) is 70.9 Å². The van der Waals surface area contributed by atoms with Crippen molar-refractivity contribution in [2.45, 2.75) is 19.3 Å². The lowest BCUT2D eigenvalue weighted by molar-refractivity contribution is 0.0607. The highest BCUT2D eigenvalue weighted by Gasteiger charge is 2.32. The van der Waals surface area contributed by atoms with Crippen molar-refractivity contribution < 1.29 is 19.2 Å². The zero-order valence-corrected chi connectivity index (χ0v) is 21.0. The molecule has 36 heavy (non-hydrogen) atoms. The van der Waals surface area contributed by atoms with Crippen molar-refractivity contribution in [2.75, 3.05) is 11.9 Å². The first kappa shape index (κ1) is 23.9. The molecule has 0 unspecified atom stereocenters. The number of alkyl halides is 1. The van der Waals surface area contributed by atoms with Crippen LogP contribution in [0.4, 0.5) is 0 Å². The van der Waals surface area contributed by atoms with Crippen LogP contribution in [-0.2, 0) is 0 Å². The Kier molecular flexibility index (Phi) is 6.65. The van der Waals surface area contributed by atoms with Crippen molar-refractivity contribution in [3.05, 3.63) is 95.1 Å². The second kappa shape index (κ2) is 10.0. The highest BCUT2D eigenvalue weighted by atomic mass is 79.9. The first-order valence-electron chi connectivity index (χ1n) is 11.8. The smallest absolute Gasteiger partial charge is 0.261 e. The van der Waals surface area contributed by atoms with Crippen molar-refractivity contribution >= 4 is 61.1 Å². The van der Waals surface area contributed by atoms with Gasteiger partial charge < -0.3 is 0 Å². The zero-order chi connectivity index (χ0) is 25.2. The number of nitrogens with one attached hydrogen (secondary N) is 1. The Labute approximate surface area is 216 Å². The number of benzene rings is 4. The van der Waals surface area contributed by atoms with E-state index >= 15 is 0 Å². The fourth-order valence-corrected chi connectivity index (χ4v) is 5.18. The monoisotopic (exact) mass is 542 g/mol. The van der Waals surface area contributed by atoms with Crippen LogP contribution >= 0.6 is 15.9 Å². The number of nitrogens with zero attached hydrogens (tertiary/aromatic N) is 1. The zero-order valence-electron chi connectivity index (χ0n) is 19.4. The average molecular weight is 543 g/mol.